The highest BCUT2D eigenvalue weighted by Gasteiger charge is 2.11. The second-order valence-corrected chi connectivity index (χ2v) is 4.24. The minimum Gasteiger partial charge on any atom is -0.491 e. The van der Waals surface area contributed by atoms with Crippen molar-refractivity contribution >= 4 is 0 Å². The molecule has 3 heteroatoms. The summed E-state index contributed by atoms with van der Waals surface area (Å²) in [5, 5.41) is 0. The van der Waals surface area contributed by atoms with Crippen LogP contribution in [0.1, 0.15) is 38.3 Å². The van der Waals surface area contributed by atoms with Crippen molar-refractivity contribution in [1.29, 1.82) is 0 Å². The molecule has 0 aliphatic rings. The van der Waals surface area contributed by atoms with E-state index in [0.29, 0.717) is 6.54 Å². The summed E-state index contributed by atoms with van der Waals surface area (Å²) in [6.07, 6.45) is 2.01. The maximum atomic E-state index is 6.12. The standard InChI is InChI=1S/C13H22N2O/c1-10(2)16-13-8-4-3-6-11(13)12(15)7-5-9-14/h3-4,6,8,10,12H,5,7,9,14-15H2,1-2H3/t12-/m1/s1. The van der Waals surface area contributed by atoms with Gasteiger partial charge in [0.2, 0.25) is 0 Å². The number of ether oxygens (including phenoxy) is 1. The van der Waals surface area contributed by atoms with Crippen molar-refractivity contribution in [2.24, 2.45) is 11.5 Å². The number of nitrogens with two attached hydrogens (primary N) is 2. The summed E-state index contributed by atoms with van der Waals surface area (Å²) in [4.78, 5) is 0. The first-order chi connectivity index (χ1) is 7.65. The lowest BCUT2D eigenvalue weighted by Gasteiger charge is -2.18. The van der Waals surface area contributed by atoms with Gasteiger partial charge in [0.05, 0.1) is 6.10 Å². The lowest BCUT2D eigenvalue weighted by Crippen LogP contribution is -2.15. The first kappa shape index (κ1) is 13.0. The normalized spacial score (nSPS) is 12.8. The summed E-state index contributed by atoms with van der Waals surface area (Å²) in [6, 6.07) is 7.97. The van der Waals surface area contributed by atoms with E-state index in [1.165, 1.54) is 0 Å². The van der Waals surface area contributed by atoms with Crippen LogP contribution < -0.4 is 16.2 Å². The first-order valence-corrected chi connectivity index (χ1v) is 5.86. The number of hydrogen-bond acceptors (Lipinski definition) is 3. The molecule has 0 spiro atoms. The van der Waals surface area contributed by atoms with Gasteiger partial charge in [0, 0.05) is 11.6 Å². The molecule has 0 aliphatic heterocycles. The predicted molar refractivity (Wildman–Crippen MR) is 67.4 cm³/mol. The van der Waals surface area contributed by atoms with Gasteiger partial charge >= 0.3 is 0 Å². The molecule has 0 aromatic heterocycles. The minimum absolute atomic E-state index is 0.0125. The molecule has 90 valence electrons. The lowest BCUT2D eigenvalue weighted by molar-refractivity contribution is 0.238. The van der Waals surface area contributed by atoms with Gasteiger partial charge in [0.25, 0.3) is 0 Å². The summed E-state index contributed by atoms with van der Waals surface area (Å²) in [7, 11) is 0. The molecule has 1 rings (SSSR count). The van der Waals surface area contributed by atoms with Crippen LogP contribution in [0.25, 0.3) is 0 Å². The number of benzene rings is 1. The third-order valence-electron chi connectivity index (χ3n) is 2.40. The Morgan fingerprint density at radius 3 is 2.56 bits per heavy atom. The molecule has 16 heavy (non-hydrogen) atoms. The monoisotopic (exact) mass is 222 g/mol. The van der Waals surface area contributed by atoms with Crippen LogP contribution in [-0.2, 0) is 0 Å². The third kappa shape index (κ3) is 3.83. The predicted octanol–water partition coefficient (Wildman–Crippen LogP) is 2.21. The molecule has 0 amide bonds. The van der Waals surface area contributed by atoms with Gasteiger partial charge in [-0.3, -0.25) is 0 Å². The average molecular weight is 222 g/mol. The topological polar surface area (TPSA) is 61.3 Å². The lowest BCUT2D eigenvalue weighted by atomic mass is 10.0. The van der Waals surface area contributed by atoms with E-state index in [2.05, 4.69) is 0 Å². The van der Waals surface area contributed by atoms with Crippen molar-refractivity contribution < 1.29 is 4.74 Å². The van der Waals surface area contributed by atoms with Gasteiger partial charge in [0.15, 0.2) is 0 Å². The maximum Gasteiger partial charge on any atom is 0.124 e. The fourth-order valence-corrected chi connectivity index (χ4v) is 1.64. The zero-order valence-electron chi connectivity index (χ0n) is 10.1. The number of hydrogen-bond donors (Lipinski definition) is 2. The quantitative estimate of drug-likeness (QED) is 0.775. The molecule has 3 nitrogen and oxygen atoms in total. The van der Waals surface area contributed by atoms with Crippen LogP contribution in [0, 0.1) is 0 Å². The van der Waals surface area contributed by atoms with E-state index >= 15 is 0 Å². The molecular formula is C13H22N2O. The second kappa shape index (κ2) is 6.51. The maximum absolute atomic E-state index is 6.12. The molecule has 1 aromatic carbocycles. The van der Waals surface area contributed by atoms with Crippen molar-refractivity contribution in [2.45, 2.75) is 38.8 Å². The van der Waals surface area contributed by atoms with Gasteiger partial charge in [-0.2, -0.15) is 0 Å². The highest BCUT2D eigenvalue weighted by atomic mass is 16.5. The largest absolute Gasteiger partial charge is 0.491 e. The SMILES string of the molecule is CC(C)Oc1ccccc1[C@H](N)CCCN. The zero-order chi connectivity index (χ0) is 12.0. The molecule has 0 saturated heterocycles. The fraction of sp³-hybridized carbons (Fsp3) is 0.538. The second-order valence-electron chi connectivity index (χ2n) is 4.24. The Kier molecular flexibility index (Phi) is 5.29. The Balaban J connectivity index is 2.76. The van der Waals surface area contributed by atoms with E-state index in [0.717, 1.165) is 24.2 Å². The number of para-hydroxylation sites is 1. The molecule has 0 unspecified atom stereocenters. The van der Waals surface area contributed by atoms with Crippen LogP contribution >= 0.6 is 0 Å². The fourth-order valence-electron chi connectivity index (χ4n) is 1.64. The zero-order valence-corrected chi connectivity index (χ0v) is 10.1. The van der Waals surface area contributed by atoms with Crippen LogP contribution in [0.3, 0.4) is 0 Å². The van der Waals surface area contributed by atoms with Gasteiger partial charge in [-0.15, -0.1) is 0 Å². The molecule has 0 fully saturated rings. The smallest absolute Gasteiger partial charge is 0.124 e. The van der Waals surface area contributed by atoms with Crippen molar-refractivity contribution in [1.82, 2.24) is 0 Å². The average Bonchev–Trinajstić information content (AvgIpc) is 2.26. The van der Waals surface area contributed by atoms with Crippen molar-refractivity contribution in [3.8, 4) is 5.75 Å². The Bertz CT molecular complexity index is 313. The first-order valence-electron chi connectivity index (χ1n) is 5.86. The van der Waals surface area contributed by atoms with Crippen molar-refractivity contribution in [2.75, 3.05) is 6.54 Å². The van der Waals surface area contributed by atoms with Gasteiger partial charge in [-0.1, -0.05) is 18.2 Å². The molecule has 4 N–H and O–H groups in total. The summed E-state index contributed by atoms with van der Waals surface area (Å²) in [6.45, 7) is 4.71. The van der Waals surface area contributed by atoms with Gasteiger partial charge in [0.1, 0.15) is 5.75 Å². The van der Waals surface area contributed by atoms with Gasteiger partial charge < -0.3 is 16.2 Å². The van der Waals surface area contributed by atoms with Crippen LogP contribution in [0.2, 0.25) is 0 Å². The molecular weight excluding hydrogens is 200 g/mol. The molecule has 1 aromatic rings. The van der Waals surface area contributed by atoms with E-state index in [-0.39, 0.29) is 12.1 Å². The molecule has 0 saturated carbocycles. The summed E-state index contributed by atoms with van der Waals surface area (Å²) in [5.74, 6) is 0.891. The number of rotatable bonds is 6. The van der Waals surface area contributed by atoms with Crippen LogP contribution in [0.15, 0.2) is 24.3 Å². The Hall–Kier alpha value is -1.06. The van der Waals surface area contributed by atoms with E-state index in [1.54, 1.807) is 0 Å². The highest BCUT2D eigenvalue weighted by molar-refractivity contribution is 5.35. The minimum atomic E-state index is 0.0125. The van der Waals surface area contributed by atoms with Crippen LogP contribution in [-0.4, -0.2) is 12.6 Å². The van der Waals surface area contributed by atoms with Crippen molar-refractivity contribution in [3.63, 3.8) is 0 Å². The highest BCUT2D eigenvalue weighted by Crippen LogP contribution is 2.26. The van der Waals surface area contributed by atoms with Gasteiger partial charge in [-0.25, -0.2) is 0 Å². The Morgan fingerprint density at radius 1 is 1.25 bits per heavy atom. The van der Waals surface area contributed by atoms with E-state index in [9.17, 15) is 0 Å². The van der Waals surface area contributed by atoms with E-state index in [4.69, 9.17) is 16.2 Å². The molecule has 0 radical (unpaired) electrons. The Morgan fingerprint density at radius 2 is 1.94 bits per heavy atom. The molecule has 0 aliphatic carbocycles. The Labute approximate surface area is 97.8 Å². The van der Waals surface area contributed by atoms with Gasteiger partial charge in [-0.05, 0) is 39.3 Å². The molecule has 1 atom stereocenters. The summed E-state index contributed by atoms with van der Waals surface area (Å²) >= 11 is 0. The van der Waals surface area contributed by atoms with Crippen LogP contribution in [0.5, 0.6) is 5.75 Å². The van der Waals surface area contributed by atoms with E-state index < -0.39 is 0 Å². The molecule has 0 heterocycles. The third-order valence-corrected chi connectivity index (χ3v) is 2.40. The summed E-state index contributed by atoms with van der Waals surface area (Å²) < 4.78 is 5.74. The van der Waals surface area contributed by atoms with E-state index in [1.807, 2.05) is 38.1 Å². The summed E-state index contributed by atoms with van der Waals surface area (Å²) in [5.41, 5.74) is 12.7. The van der Waals surface area contributed by atoms with Crippen LogP contribution in [0.4, 0.5) is 0 Å². The molecule has 0 bridgehead atoms. The van der Waals surface area contributed by atoms with Crippen molar-refractivity contribution in [3.05, 3.63) is 29.8 Å².